The van der Waals surface area contributed by atoms with Gasteiger partial charge in [-0.1, -0.05) is 62.1 Å². The molecule has 0 aromatic carbocycles. The minimum atomic E-state index is -0.0139. The van der Waals surface area contributed by atoms with Crippen LogP contribution in [-0.4, -0.2) is 8.33 Å². The first-order valence-electron chi connectivity index (χ1n) is 7.01. The highest BCUT2D eigenvalue weighted by Gasteiger charge is 1.95. The van der Waals surface area contributed by atoms with Gasteiger partial charge in [0.15, 0.2) is 0 Å². The Morgan fingerprint density at radius 3 is 2.30 bits per heavy atom. The van der Waals surface area contributed by atoms with Crippen molar-refractivity contribution in [3.05, 3.63) is 43.6 Å². The van der Waals surface area contributed by atoms with E-state index < -0.39 is 0 Å². The van der Waals surface area contributed by atoms with Gasteiger partial charge < -0.3 is 0 Å². The fraction of sp³-hybridized carbons (Fsp3) is 0.571. The highest BCUT2D eigenvalue weighted by atomic mass is 32.1. The number of H-pyrrole nitrogens is 1. The Kier molecular flexibility index (Phi) is 8.98. The SMILES string of the molecule is CCCCCCCCn1sccc1=O.O=c1ccs[nH]1. The largest absolute Gasteiger partial charge is 0.278 e. The number of aromatic nitrogens is 2. The minimum absolute atomic E-state index is 0.0139. The van der Waals surface area contributed by atoms with Crippen molar-refractivity contribution >= 4 is 23.1 Å². The molecule has 0 radical (unpaired) electrons. The molecular weight excluding hydrogens is 292 g/mol. The molecule has 0 fully saturated rings. The molecule has 0 saturated heterocycles. The number of hydrogen-bond acceptors (Lipinski definition) is 4. The quantitative estimate of drug-likeness (QED) is 0.792. The summed E-state index contributed by atoms with van der Waals surface area (Å²) >= 11 is 2.82. The van der Waals surface area contributed by atoms with Gasteiger partial charge in [-0.25, -0.2) is 0 Å². The average Bonchev–Trinajstić information content (AvgIpc) is 3.06. The van der Waals surface area contributed by atoms with Crippen LogP contribution in [0.4, 0.5) is 0 Å². The van der Waals surface area contributed by atoms with Crippen LogP contribution < -0.4 is 11.1 Å². The van der Waals surface area contributed by atoms with Crippen LogP contribution in [0.15, 0.2) is 32.5 Å². The van der Waals surface area contributed by atoms with Crippen LogP contribution >= 0.6 is 23.1 Å². The Morgan fingerprint density at radius 2 is 1.80 bits per heavy atom. The van der Waals surface area contributed by atoms with Gasteiger partial charge in [0, 0.05) is 29.4 Å². The van der Waals surface area contributed by atoms with Gasteiger partial charge in [0.05, 0.1) is 0 Å². The van der Waals surface area contributed by atoms with Crippen molar-refractivity contribution in [2.45, 2.75) is 52.0 Å². The van der Waals surface area contributed by atoms with E-state index in [9.17, 15) is 9.59 Å². The van der Waals surface area contributed by atoms with E-state index >= 15 is 0 Å². The Bertz CT molecular complexity index is 537. The fourth-order valence-electron chi connectivity index (χ4n) is 1.72. The van der Waals surface area contributed by atoms with Gasteiger partial charge in [0.25, 0.3) is 11.1 Å². The standard InChI is InChI=1S/C11H19NOS.C3H3NOS/c1-2-3-4-5-6-7-9-12-11(13)8-10-14-12;5-3-1-2-6-4-3/h8,10H,2-7,9H2,1H3;1-2H,(H,4,5). The highest BCUT2D eigenvalue weighted by molar-refractivity contribution is 7.04. The van der Waals surface area contributed by atoms with Crippen molar-refractivity contribution in [1.29, 1.82) is 0 Å². The number of aryl methyl sites for hydroxylation is 1. The van der Waals surface area contributed by atoms with Gasteiger partial charge in [-0.05, 0) is 6.42 Å². The summed E-state index contributed by atoms with van der Waals surface area (Å²) in [6, 6.07) is 3.13. The van der Waals surface area contributed by atoms with E-state index in [-0.39, 0.29) is 11.1 Å². The third-order valence-corrected chi connectivity index (χ3v) is 4.27. The molecule has 2 aromatic heterocycles. The zero-order valence-corrected chi connectivity index (χ0v) is 13.5. The summed E-state index contributed by atoms with van der Waals surface area (Å²) in [7, 11) is 0. The van der Waals surface area contributed by atoms with E-state index in [1.54, 1.807) is 11.4 Å². The molecule has 112 valence electrons. The number of rotatable bonds is 7. The molecule has 0 saturated carbocycles. The van der Waals surface area contributed by atoms with Crippen molar-refractivity contribution < 1.29 is 0 Å². The molecule has 0 spiro atoms. The Balaban J connectivity index is 0.000000276. The molecule has 6 heteroatoms. The second-order valence-corrected chi connectivity index (χ2v) is 6.14. The maximum Gasteiger partial charge on any atom is 0.260 e. The second-order valence-electron chi connectivity index (χ2n) is 4.50. The van der Waals surface area contributed by atoms with E-state index in [2.05, 4.69) is 11.3 Å². The summed E-state index contributed by atoms with van der Waals surface area (Å²) in [6.07, 6.45) is 7.70. The van der Waals surface area contributed by atoms with Crippen molar-refractivity contribution in [2.24, 2.45) is 0 Å². The van der Waals surface area contributed by atoms with Crippen molar-refractivity contribution in [3.63, 3.8) is 0 Å². The van der Waals surface area contributed by atoms with Crippen molar-refractivity contribution in [2.75, 3.05) is 0 Å². The molecule has 0 unspecified atom stereocenters. The van der Waals surface area contributed by atoms with E-state index in [4.69, 9.17) is 0 Å². The van der Waals surface area contributed by atoms with Crippen LogP contribution in [0.25, 0.3) is 0 Å². The number of unbranched alkanes of at least 4 members (excludes halogenated alkanes) is 5. The first-order chi connectivity index (χ1) is 9.74. The molecule has 4 nitrogen and oxygen atoms in total. The van der Waals surface area contributed by atoms with E-state index in [1.807, 2.05) is 9.34 Å². The fourth-order valence-corrected chi connectivity index (χ4v) is 2.89. The molecule has 0 aliphatic heterocycles. The van der Waals surface area contributed by atoms with E-state index in [1.165, 1.54) is 61.2 Å². The van der Waals surface area contributed by atoms with Crippen LogP contribution in [0.3, 0.4) is 0 Å². The molecule has 2 aromatic rings. The van der Waals surface area contributed by atoms with E-state index in [0.717, 1.165) is 13.0 Å². The summed E-state index contributed by atoms with van der Waals surface area (Å²) in [5.74, 6) is 0. The zero-order chi connectivity index (χ0) is 14.6. The second kappa shape index (κ2) is 10.6. The molecule has 0 atom stereocenters. The summed E-state index contributed by atoms with van der Waals surface area (Å²) in [5, 5.41) is 3.57. The predicted octanol–water partition coefficient (Wildman–Crippen LogP) is 3.71. The lowest BCUT2D eigenvalue weighted by atomic mass is 10.1. The molecule has 20 heavy (non-hydrogen) atoms. The summed E-state index contributed by atoms with van der Waals surface area (Å²) < 4.78 is 4.32. The van der Waals surface area contributed by atoms with Crippen LogP contribution in [-0.2, 0) is 6.54 Å². The van der Waals surface area contributed by atoms with Gasteiger partial charge in [0.1, 0.15) is 0 Å². The maximum absolute atomic E-state index is 11.2. The first kappa shape index (κ1) is 16.9. The third kappa shape index (κ3) is 7.45. The number of hydrogen-bond donors (Lipinski definition) is 1. The monoisotopic (exact) mass is 314 g/mol. The average molecular weight is 314 g/mol. The van der Waals surface area contributed by atoms with Crippen LogP contribution in [0, 0.1) is 0 Å². The number of nitrogens with zero attached hydrogens (tertiary/aromatic N) is 1. The smallest absolute Gasteiger partial charge is 0.260 e. The maximum atomic E-state index is 11.2. The van der Waals surface area contributed by atoms with Crippen molar-refractivity contribution in [1.82, 2.24) is 8.33 Å². The van der Waals surface area contributed by atoms with Gasteiger partial charge in [0.2, 0.25) is 0 Å². The molecule has 0 aliphatic carbocycles. The Morgan fingerprint density at radius 1 is 1.05 bits per heavy atom. The van der Waals surface area contributed by atoms with Gasteiger partial charge >= 0.3 is 0 Å². The summed E-state index contributed by atoms with van der Waals surface area (Å²) in [5.41, 5.74) is 0.142. The number of nitrogens with one attached hydrogen (secondary N) is 1. The lowest BCUT2D eigenvalue weighted by Crippen LogP contribution is -2.11. The number of aromatic amines is 1. The molecule has 0 amide bonds. The topological polar surface area (TPSA) is 54.9 Å². The summed E-state index contributed by atoms with van der Waals surface area (Å²) in [4.78, 5) is 21.2. The van der Waals surface area contributed by atoms with Gasteiger partial charge in [-0.3, -0.25) is 17.9 Å². The summed E-state index contributed by atoms with van der Waals surface area (Å²) in [6.45, 7) is 3.13. The van der Waals surface area contributed by atoms with Gasteiger partial charge in [-0.2, -0.15) is 0 Å². The first-order valence-corrected chi connectivity index (χ1v) is 8.72. The minimum Gasteiger partial charge on any atom is -0.278 e. The molecule has 0 bridgehead atoms. The normalized spacial score (nSPS) is 10.1. The van der Waals surface area contributed by atoms with Crippen molar-refractivity contribution in [3.8, 4) is 0 Å². The highest BCUT2D eigenvalue weighted by Crippen LogP contribution is 2.06. The molecule has 0 aliphatic rings. The molecule has 1 N–H and O–H groups in total. The lowest BCUT2D eigenvalue weighted by Gasteiger charge is -2.00. The van der Waals surface area contributed by atoms with E-state index in [0.29, 0.717) is 0 Å². The van der Waals surface area contributed by atoms with Crippen LogP contribution in [0.2, 0.25) is 0 Å². The Labute approximate surface area is 127 Å². The van der Waals surface area contributed by atoms with Gasteiger partial charge in [-0.15, -0.1) is 0 Å². The zero-order valence-electron chi connectivity index (χ0n) is 11.8. The predicted molar refractivity (Wildman–Crippen MR) is 86.9 cm³/mol. The van der Waals surface area contributed by atoms with Crippen LogP contribution in [0.5, 0.6) is 0 Å². The Hall–Kier alpha value is -1.14. The molecule has 2 heterocycles. The third-order valence-electron chi connectivity index (χ3n) is 2.81. The molecule has 2 rings (SSSR count). The lowest BCUT2D eigenvalue weighted by molar-refractivity contribution is 0.569. The molecular formula is C14H22N2O2S2. The van der Waals surface area contributed by atoms with Crippen LogP contribution in [0.1, 0.15) is 45.4 Å².